The number of phenols is 1. The quantitative estimate of drug-likeness (QED) is 0.597. The minimum Gasteiger partial charge on any atom is -0.508 e. The average molecular weight is 490 g/mol. The fourth-order valence-corrected chi connectivity index (χ4v) is 4.62. The number of nitrogens with zero attached hydrogens (tertiary/aromatic N) is 2. The van der Waals surface area contributed by atoms with Crippen LogP contribution in [0.15, 0.2) is 36.0 Å². The number of hydrogen-bond acceptors (Lipinski definition) is 4. The summed E-state index contributed by atoms with van der Waals surface area (Å²) in [5.41, 5.74) is 7.11. The van der Waals surface area contributed by atoms with Crippen molar-refractivity contribution in [1.82, 2.24) is 9.88 Å². The number of ether oxygens (including phenoxy) is 1. The van der Waals surface area contributed by atoms with Crippen molar-refractivity contribution in [2.75, 3.05) is 19.7 Å². The number of rotatable bonds is 1. The molecule has 1 amide bonds. The van der Waals surface area contributed by atoms with Crippen molar-refractivity contribution in [2.45, 2.75) is 32.6 Å². The van der Waals surface area contributed by atoms with Crippen LogP contribution in [0.5, 0.6) is 5.75 Å². The molecule has 6 heteroatoms. The number of halogens is 1. The second kappa shape index (κ2) is 8.11. The van der Waals surface area contributed by atoms with E-state index < -0.39 is 0 Å². The predicted molar refractivity (Wildman–Crippen MR) is 116 cm³/mol. The summed E-state index contributed by atoms with van der Waals surface area (Å²) in [6.07, 6.45) is 5.08. The molecular formula is C22H23IN2O3. The van der Waals surface area contributed by atoms with Crippen molar-refractivity contribution >= 4 is 34.3 Å². The Morgan fingerprint density at radius 1 is 1.18 bits per heavy atom. The first-order valence-corrected chi connectivity index (χ1v) is 10.8. The van der Waals surface area contributed by atoms with Crippen LogP contribution < -0.4 is 0 Å². The third-order valence-corrected chi connectivity index (χ3v) is 6.03. The van der Waals surface area contributed by atoms with Crippen molar-refractivity contribution in [3.63, 3.8) is 0 Å². The Kier molecular flexibility index (Phi) is 5.57. The molecule has 0 radical (unpaired) electrons. The van der Waals surface area contributed by atoms with E-state index in [1.54, 1.807) is 11.0 Å². The first-order chi connectivity index (χ1) is 13.6. The van der Waals surface area contributed by atoms with Gasteiger partial charge in [0.15, 0.2) is 0 Å². The number of fused-ring (bicyclic) bond motifs is 2. The summed E-state index contributed by atoms with van der Waals surface area (Å²) in [4.78, 5) is 18.6. The molecule has 1 aromatic heterocycles. The summed E-state index contributed by atoms with van der Waals surface area (Å²) in [7, 11) is 0. The predicted octanol–water partition coefficient (Wildman–Crippen LogP) is 4.54. The fraction of sp³-hybridized carbons (Fsp3) is 0.364. The molecule has 2 aliphatic rings. The van der Waals surface area contributed by atoms with Gasteiger partial charge in [-0.05, 0) is 90.1 Å². The lowest BCUT2D eigenvalue weighted by Gasteiger charge is -2.29. The first kappa shape index (κ1) is 19.2. The lowest BCUT2D eigenvalue weighted by Crippen LogP contribution is -2.37. The van der Waals surface area contributed by atoms with Crippen molar-refractivity contribution in [1.29, 1.82) is 0 Å². The largest absolute Gasteiger partial charge is 0.508 e. The minimum absolute atomic E-state index is 0.231. The summed E-state index contributed by atoms with van der Waals surface area (Å²) in [6, 6.07) is 7.85. The van der Waals surface area contributed by atoms with Gasteiger partial charge >= 0.3 is 6.09 Å². The fourth-order valence-electron chi connectivity index (χ4n) is 4.11. The van der Waals surface area contributed by atoms with Gasteiger partial charge in [0.2, 0.25) is 0 Å². The summed E-state index contributed by atoms with van der Waals surface area (Å²) in [6.45, 7) is 3.54. The number of amides is 1. The topological polar surface area (TPSA) is 62.7 Å². The zero-order valence-electron chi connectivity index (χ0n) is 15.9. The van der Waals surface area contributed by atoms with E-state index in [4.69, 9.17) is 9.72 Å². The van der Waals surface area contributed by atoms with Gasteiger partial charge in [-0.25, -0.2) is 4.79 Å². The van der Waals surface area contributed by atoms with Gasteiger partial charge in [-0.1, -0.05) is 11.6 Å². The SMILES string of the molecule is CCOC(=O)N1CCC(=C2c3ccc(O)cc3CCc3cc(I)cnc32)CC1. The van der Waals surface area contributed by atoms with Crippen LogP contribution in [-0.2, 0) is 17.6 Å². The van der Waals surface area contributed by atoms with E-state index in [-0.39, 0.29) is 6.09 Å². The van der Waals surface area contributed by atoms with Crippen LogP contribution >= 0.6 is 22.6 Å². The van der Waals surface area contributed by atoms with Gasteiger partial charge in [0.05, 0.1) is 12.3 Å². The molecular weight excluding hydrogens is 467 g/mol. The van der Waals surface area contributed by atoms with Crippen LogP contribution in [0.4, 0.5) is 4.79 Å². The molecule has 28 heavy (non-hydrogen) atoms. The lowest BCUT2D eigenvalue weighted by molar-refractivity contribution is 0.104. The highest BCUT2D eigenvalue weighted by molar-refractivity contribution is 14.1. The standard InChI is InChI=1S/C22H23IN2O3/c1-2-28-22(27)25-9-7-14(8-10-25)20-19-6-5-18(26)12-15(19)3-4-16-11-17(23)13-24-21(16)20/h5-6,11-13,26H,2-4,7-10H2,1H3. The van der Waals surface area contributed by atoms with E-state index >= 15 is 0 Å². The Bertz CT molecular complexity index is 889. The van der Waals surface area contributed by atoms with Crippen molar-refractivity contribution in [3.8, 4) is 5.75 Å². The second-order valence-corrected chi connectivity index (χ2v) is 8.41. The number of aromatic hydroxyl groups is 1. The maximum Gasteiger partial charge on any atom is 0.409 e. The number of aromatic nitrogens is 1. The molecule has 5 nitrogen and oxygen atoms in total. The second-order valence-electron chi connectivity index (χ2n) is 7.17. The highest BCUT2D eigenvalue weighted by atomic mass is 127. The molecule has 146 valence electrons. The van der Waals surface area contributed by atoms with Crippen LogP contribution in [-0.4, -0.2) is 40.8 Å². The Morgan fingerprint density at radius 2 is 1.93 bits per heavy atom. The first-order valence-electron chi connectivity index (χ1n) is 9.67. The number of hydrogen-bond donors (Lipinski definition) is 1. The molecule has 1 aliphatic carbocycles. The van der Waals surface area contributed by atoms with E-state index in [0.29, 0.717) is 25.4 Å². The van der Waals surface area contributed by atoms with Gasteiger partial charge in [-0.3, -0.25) is 4.98 Å². The number of benzene rings is 1. The summed E-state index contributed by atoms with van der Waals surface area (Å²) in [5, 5.41) is 9.99. The maximum absolute atomic E-state index is 12.1. The molecule has 0 unspecified atom stereocenters. The summed E-state index contributed by atoms with van der Waals surface area (Å²) < 4.78 is 6.28. The Labute approximate surface area is 178 Å². The Hall–Kier alpha value is -2.09. The van der Waals surface area contributed by atoms with Gasteiger partial charge in [-0.15, -0.1) is 0 Å². The maximum atomic E-state index is 12.1. The van der Waals surface area contributed by atoms with E-state index in [9.17, 15) is 9.90 Å². The number of pyridine rings is 1. The zero-order chi connectivity index (χ0) is 19.7. The summed E-state index contributed by atoms with van der Waals surface area (Å²) in [5.74, 6) is 0.300. The van der Waals surface area contributed by atoms with E-state index in [1.165, 1.54) is 16.7 Å². The molecule has 1 saturated heterocycles. The number of piperidine rings is 1. The average Bonchev–Trinajstić information content (AvgIpc) is 2.84. The molecule has 0 spiro atoms. The molecule has 0 atom stereocenters. The van der Waals surface area contributed by atoms with Crippen LogP contribution in [0.2, 0.25) is 0 Å². The van der Waals surface area contributed by atoms with E-state index in [2.05, 4.69) is 28.7 Å². The van der Waals surface area contributed by atoms with Gasteiger partial charge in [0.25, 0.3) is 0 Å². The number of phenolic OH excluding ortho intramolecular Hbond substituents is 1. The molecule has 1 aromatic carbocycles. The smallest absolute Gasteiger partial charge is 0.409 e. The highest BCUT2D eigenvalue weighted by Crippen LogP contribution is 2.39. The molecule has 1 aliphatic heterocycles. The van der Waals surface area contributed by atoms with Crippen LogP contribution in [0.25, 0.3) is 5.57 Å². The molecule has 4 rings (SSSR count). The van der Waals surface area contributed by atoms with Gasteiger partial charge in [-0.2, -0.15) is 0 Å². The third kappa shape index (κ3) is 3.74. The number of carbonyl (C=O) groups is 1. The normalized spacial score (nSPS) is 16.3. The number of aryl methyl sites for hydroxylation is 2. The van der Waals surface area contributed by atoms with Crippen molar-refractivity contribution in [2.24, 2.45) is 0 Å². The zero-order valence-corrected chi connectivity index (χ0v) is 18.0. The third-order valence-electron chi connectivity index (χ3n) is 5.44. The van der Waals surface area contributed by atoms with E-state index in [1.807, 2.05) is 25.3 Å². The molecule has 2 heterocycles. The monoisotopic (exact) mass is 490 g/mol. The van der Waals surface area contributed by atoms with Crippen molar-refractivity contribution in [3.05, 3.63) is 62.0 Å². The van der Waals surface area contributed by atoms with Crippen LogP contribution in [0.3, 0.4) is 0 Å². The van der Waals surface area contributed by atoms with Crippen LogP contribution in [0.1, 0.15) is 42.1 Å². The molecule has 1 fully saturated rings. The van der Waals surface area contributed by atoms with Crippen LogP contribution in [0, 0.1) is 3.57 Å². The molecule has 2 aromatic rings. The highest BCUT2D eigenvalue weighted by Gasteiger charge is 2.27. The molecule has 0 bridgehead atoms. The van der Waals surface area contributed by atoms with Crippen molar-refractivity contribution < 1.29 is 14.6 Å². The van der Waals surface area contributed by atoms with Gasteiger partial charge in [0, 0.05) is 28.4 Å². The molecule has 1 N–H and O–H groups in total. The van der Waals surface area contributed by atoms with Gasteiger partial charge in [0.1, 0.15) is 5.75 Å². The van der Waals surface area contributed by atoms with Gasteiger partial charge < -0.3 is 14.7 Å². The molecule has 0 saturated carbocycles. The number of carbonyl (C=O) groups excluding carboxylic acids is 1. The Balaban J connectivity index is 1.77. The minimum atomic E-state index is -0.231. The Morgan fingerprint density at radius 3 is 2.68 bits per heavy atom. The number of likely N-dealkylation sites (tertiary alicyclic amines) is 1. The summed E-state index contributed by atoms with van der Waals surface area (Å²) >= 11 is 2.31. The lowest BCUT2D eigenvalue weighted by atomic mass is 9.88. The van der Waals surface area contributed by atoms with E-state index in [0.717, 1.165) is 46.1 Å².